The summed E-state index contributed by atoms with van der Waals surface area (Å²) < 4.78 is 39.4. The molecule has 4 atom stereocenters. The fourth-order valence-electron chi connectivity index (χ4n) is 4.69. The molecule has 1 fully saturated rings. The van der Waals surface area contributed by atoms with Crippen LogP contribution in [-0.2, 0) is 25.1 Å². The van der Waals surface area contributed by atoms with E-state index in [-0.39, 0.29) is 23.0 Å². The number of esters is 1. The Kier molecular flexibility index (Phi) is 4.12. The van der Waals surface area contributed by atoms with Crippen molar-refractivity contribution in [3.8, 4) is 0 Å². The van der Waals surface area contributed by atoms with Crippen molar-refractivity contribution >= 4 is 21.7 Å². The van der Waals surface area contributed by atoms with Crippen LogP contribution in [0.15, 0.2) is 59.5 Å². The van der Waals surface area contributed by atoms with Gasteiger partial charge in [-0.1, -0.05) is 29.8 Å². The molecule has 3 aliphatic rings. The van der Waals surface area contributed by atoms with Gasteiger partial charge in [0.1, 0.15) is 17.7 Å². The van der Waals surface area contributed by atoms with Crippen LogP contribution in [0, 0.1) is 6.92 Å². The van der Waals surface area contributed by atoms with Crippen LogP contribution in [0.2, 0.25) is 0 Å². The summed E-state index contributed by atoms with van der Waals surface area (Å²) in [5.41, 5.74) is 0.449. The van der Waals surface area contributed by atoms with E-state index in [4.69, 9.17) is 9.47 Å². The third kappa shape index (κ3) is 2.57. The number of anilines is 1. The average Bonchev–Trinajstić information content (AvgIpc) is 3.24. The Morgan fingerprint density at radius 2 is 1.93 bits per heavy atom. The molecule has 0 amide bonds. The molecule has 0 unspecified atom stereocenters. The maximum Gasteiger partial charge on any atom is 0.337 e. The summed E-state index contributed by atoms with van der Waals surface area (Å²) >= 11 is 0. The first kappa shape index (κ1) is 19.3. The summed E-state index contributed by atoms with van der Waals surface area (Å²) in [6, 6.07) is 10.3. The molecule has 2 bridgehead atoms. The van der Waals surface area contributed by atoms with Crippen LogP contribution in [0.5, 0.6) is 0 Å². The van der Waals surface area contributed by atoms with E-state index in [1.807, 2.05) is 13.0 Å². The fourth-order valence-corrected chi connectivity index (χ4v) is 6.41. The lowest BCUT2D eigenvalue weighted by molar-refractivity contribution is -0.114. The first-order chi connectivity index (χ1) is 14.3. The van der Waals surface area contributed by atoms with Crippen LogP contribution in [-0.4, -0.2) is 44.9 Å². The van der Waals surface area contributed by atoms with Gasteiger partial charge in [0.25, 0.3) is 10.0 Å². The van der Waals surface area contributed by atoms with E-state index in [0.29, 0.717) is 11.3 Å². The van der Waals surface area contributed by atoms with Crippen molar-refractivity contribution < 1.29 is 27.8 Å². The number of hydrogen-bond donors (Lipinski definition) is 1. The zero-order valence-electron chi connectivity index (χ0n) is 16.5. The molecule has 0 radical (unpaired) electrons. The molecular formula is C22H21NO6S. The van der Waals surface area contributed by atoms with Gasteiger partial charge in [0.05, 0.1) is 29.4 Å². The van der Waals surface area contributed by atoms with E-state index in [1.54, 1.807) is 36.4 Å². The molecular weight excluding hydrogens is 406 g/mol. The van der Waals surface area contributed by atoms with E-state index in [2.05, 4.69) is 0 Å². The second kappa shape index (κ2) is 6.41. The number of sulfonamides is 1. The standard InChI is InChI=1S/C22H21NO6S/c1-13-3-7-16(8-4-13)30(26,27)23-18-9-5-14(21(24)28-2)11-17(18)22(25)12-15-6-10-19(29-15)20(22)23/h3-11,15,19-20,25H,12H2,1-2H3/t15-,19+,20-,22+/m0/s1. The maximum absolute atomic E-state index is 13.7. The summed E-state index contributed by atoms with van der Waals surface area (Å²) in [5.74, 6) is -0.550. The third-order valence-corrected chi connectivity index (χ3v) is 7.92. The van der Waals surface area contributed by atoms with Gasteiger partial charge in [0.2, 0.25) is 0 Å². The van der Waals surface area contributed by atoms with Crippen LogP contribution in [0.3, 0.4) is 0 Å². The zero-order chi connectivity index (χ0) is 21.3. The van der Waals surface area contributed by atoms with Gasteiger partial charge >= 0.3 is 5.97 Å². The number of carbonyl (C=O) groups is 1. The monoisotopic (exact) mass is 427 g/mol. The van der Waals surface area contributed by atoms with E-state index >= 15 is 0 Å². The van der Waals surface area contributed by atoms with Gasteiger partial charge in [0.15, 0.2) is 0 Å². The Morgan fingerprint density at radius 1 is 1.20 bits per heavy atom. The highest BCUT2D eigenvalue weighted by molar-refractivity contribution is 7.92. The normalized spacial score (nSPS) is 28.9. The molecule has 2 aromatic rings. The van der Waals surface area contributed by atoms with Crippen LogP contribution in [0.4, 0.5) is 5.69 Å². The molecule has 8 heteroatoms. The lowest BCUT2D eigenvalue weighted by atomic mass is 9.81. The lowest BCUT2D eigenvalue weighted by Gasteiger charge is -2.42. The van der Waals surface area contributed by atoms with Crippen molar-refractivity contribution in [3.63, 3.8) is 0 Å². The Labute approximate surface area is 174 Å². The molecule has 156 valence electrons. The SMILES string of the molecule is COC(=O)c1ccc2c(c1)[C@]1(O)C[C@@H]3C=C[C@@H](O3)[C@@H]1N2S(=O)(=O)c1ccc(C)cc1. The van der Waals surface area contributed by atoms with Crippen molar-refractivity contribution in [1.29, 1.82) is 0 Å². The van der Waals surface area contributed by atoms with Gasteiger partial charge < -0.3 is 14.6 Å². The number of rotatable bonds is 3. The van der Waals surface area contributed by atoms with Gasteiger partial charge in [-0.25, -0.2) is 13.2 Å². The van der Waals surface area contributed by atoms with Crippen molar-refractivity contribution in [1.82, 2.24) is 0 Å². The molecule has 5 rings (SSSR count). The van der Waals surface area contributed by atoms with Crippen molar-refractivity contribution in [3.05, 3.63) is 71.3 Å². The van der Waals surface area contributed by atoms with Crippen LogP contribution >= 0.6 is 0 Å². The molecule has 3 heterocycles. The fraction of sp³-hybridized carbons (Fsp3) is 0.318. The van der Waals surface area contributed by atoms with Gasteiger partial charge in [-0.3, -0.25) is 4.31 Å². The van der Waals surface area contributed by atoms with E-state index in [9.17, 15) is 18.3 Å². The number of nitrogens with zero attached hydrogens (tertiary/aromatic N) is 1. The van der Waals surface area contributed by atoms with Gasteiger partial charge in [-0.2, -0.15) is 0 Å². The molecule has 0 spiro atoms. The summed E-state index contributed by atoms with van der Waals surface area (Å²) in [4.78, 5) is 12.2. The largest absolute Gasteiger partial charge is 0.465 e. The molecule has 1 saturated heterocycles. The first-order valence-corrected chi connectivity index (χ1v) is 11.1. The molecule has 2 aromatic carbocycles. The smallest absolute Gasteiger partial charge is 0.337 e. The first-order valence-electron chi connectivity index (χ1n) is 9.66. The predicted molar refractivity (Wildman–Crippen MR) is 109 cm³/mol. The highest BCUT2D eigenvalue weighted by atomic mass is 32.2. The molecule has 3 aliphatic heterocycles. The number of aliphatic hydroxyl groups is 1. The minimum Gasteiger partial charge on any atom is -0.465 e. The number of methoxy groups -OCH3 is 1. The number of aryl methyl sites for hydroxylation is 1. The summed E-state index contributed by atoms with van der Waals surface area (Å²) in [7, 11) is -2.72. The average molecular weight is 427 g/mol. The van der Waals surface area contributed by atoms with E-state index in [1.165, 1.54) is 23.5 Å². The molecule has 30 heavy (non-hydrogen) atoms. The molecule has 1 N–H and O–H groups in total. The Morgan fingerprint density at radius 3 is 2.63 bits per heavy atom. The third-order valence-electron chi connectivity index (χ3n) is 6.11. The van der Waals surface area contributed by atoms with Gasteiger partial charge in [-0.15, -0.1) is 0 Å². The summed E-state index contributed by atoms with van der Waals surface area (Å²) in [6.07, 6.45) is 2.94. The minimum absolute atomic E-state index is 0.129. The summed E-state index contributed by atoms with van der Waals surface area (Å²) in [6.45, 7) is 1.88. The number of benzene rings is 2. The second-order valence-electron chi connectivity index (χ2n) is 7.93. The van der Waals surface area contributed by atoms with Crippen molar-refractivity contribution in [2.75, 3.05) is 11.4 Å². The topological polar surface area (TPSA) is 93.1 Å². The maximum atomic E-state index is 13.7. The van der Waals surface area contributed by atoms with Crippen LogP contribution < -0.4 is 4.31 Å². The lowest BCUT2D eigenvalue weighted by Crippen LogP contribution is -2.57. The van der Waals surface area contributed by atoms with E-state index in [0.717, 1.165) is 5.56 Å². The highest BCUT2D eigenvalue weighted by Crippen LogP contribution is 2.54. The Balaban J connectivity index is 1.72. The van der Waals surface area contributed by atoms with Crippen LogP contribution in [0.1, 0.15) is 27.9 Å². The van der Waals surface area contributed by atoms with Crippen molar-refractivity contribution in [2.45, 2.75) is 42.1 Å². The van der Waals surface area contributed by atoms with Gasteiger partial charge in [0, 0.05) is 12.0 Å². The van der Waals surface area contributed by atoms with Crippen molar-refractivity contribution in [2.24, 2.45) is 0 Å². The van der Waals surface area contributed by atoms with E-state index < -0.39 is 33.7 Å². The van der Waals surface area contributed by atoms with Crippen LogP contribution in [0.25, 0.3) is 0 Å². The molecule has 0 aliphatic carbocycles. The predicted octanol–water partition coefficient (Wildman–Crippen LogP) is 2.27. The van der Waals surface area contributed by atoms with Gasteiger partial charge in [-0.05, 0) is 37.3 Å². The molecule has 0 aromatic heterocycles. The number of carbonyl (C=O) groups excluding carboxylic acids is 1. The minimum atomic E-state index is -4.00. The quantitative estimate of drug-likeness (QED) is 0.597. The summed E-state index contributed by atoms with van der Waals surface area (Å²) in [5, 5.41) is 11.8. The molecule has 0 saturated carbocycles. The zero-order valence-corrected chi connectivity index (χ0v) is 17.3. The number of ether oxygens (including phenoxy) is 2. The Bertz CT molecular complexity index is 1170. The highest BCUT2D eigenvalue weighted by Gasteiger charge is 2.61. The number of hydrogen-bond acceptors (Lipinski definition) is 6. The number of fused-ring (bicyclic) bond motifs is 6. The molecule has 7 nitrogen and oxygen atoms in total. The Hall–Kier alpha value is -2.68. The second-order valence-corrected chi connectivity index (χ2v) is 9.75.